The highest BCUT2D eigenvalue weighted by atomic mass is 16.5. The number of carbonyl (C=O) groups is 1. The summed E-state index contributed by atoms with van der Waals surface area (Å²) in [7, 11) is 0. The summed E-state index contributed by atoms with van der Waals surface area (Å²) in [5.41, 5.74) is 7.27. The Balaban J connectivity index is 2.09. The molecule has 1 heterocycles. The number of benzene rings is 1. The van der Waals surface area contributed by atoms with Crippen LogP contribution in [0.5, 0.6) is 5.75 Å². The van der Waals surface area contributed by atoms with E-state index in [2.05, 4.69) is 30.2 Å². The average Bonchev–Trinajstić information content (AvgIpc) is 2.55. The summed E-state index contributed by atoms with van der Waals surface area (Å²) < 4.78 is 5.64. The summed E-state index contributed by atoms with van der Waals surface area (Å²) in [4.78, 5) is 16.1. The predicted molar refractivity (Wildman–Crippen MR) is 92.7 cm³/mol. The lowest BCUT2D eigenvalue weighted by Gasteiger charge is -2.11. The molecule has 0 fully saturated rings. The fraction of sp³-hybridized carbons (Fsp3) is 0.278. The van der Waals surface area contributed by atoms with Crippen LogP contribution in [0.3, 0.4) is 0 Å². The van der Waals surface area contributed by atoms with E-state index in [0.717, 1.165) is 6.42 Å². The molecule has 0 aliphatic rings. The maximum absolute atomic E-state index is 12.2. The van der Waals surface area contributed by atoms with Gasteiger partial charge in [0.05, 0.1) is 23.4 Å². The van der Waals surface area contributed by atoms with Crippen LogP contribution in [0, 0.1) is 17.2 Å². The molecule has 0 unspecified atom stereocenters. The highest BCUT2D eigenvalue weighted by Gasteiger charge is 2.10. The van der Waals surface area contributed by atoms with Crippen molar-refractivity contribution in [3.8, 4) is 11.8 Å². The molecule has 0 spiro atoms. The van der Waals surface area contributed by atoms with Gasteiger partial charge in [0.2, 0.25) is 0 Å². The number of pyridine rings is 1. The smallest absolute Gasteiger partial charge is 0.257 e. The Bertz CT molecular complexity index is 766. The van der Waals surface area contributed by atoms with Crippen LogP contribution >= 0.6 is 0 Å². The van der Waals surface area contributed by atoms with Gasteiger partial charge in [0, 0.05) is 18.1 Å². The third kappa shape index (κ3) is 4.71. The number of aromatic nitrogens is 1. The molecule has 0 saturated heterocycles. The molecule has 0 aliphatic heterocycles. The lowest BCUT2D eigenvalue weighted by molar-refractivity contribution is 0.102. The van der Waals surface area contributed by atoms with Gasteiger partial charge in [-0.05, 0) is 36.6 Å². The Morgan fingerprint density at radius 3 is 2.83 bits per heavy atom. The van der Waals surface area contributed by atoms with E-state index in [4.69, 9.17) is 10.5 Å². The van der Waals surface area contributed by atoms with Crippen LogP contribution < -0.4 is 15.8 Å². The summed E-state index contributed by atoms with van der Waals surface area (Å²) in [6.45, 7) is 4.77. The van der Waals surface area contributed by atoms with Gasteiger partial charge in [0.1, 0.15) is 11.8 Å². The summed E-state index contributed by atoms with van der Waals surface area (Å²) in [6, 6.07) is 8.60. The van der Waals surface area contributed by atoms with Crippen LogP contribution in [0.4, 0.5) is 11.4 Å². The molecule has 3 N–H and O–H groups in total. The van der Waals surface area contributed by atoms with Gasteiger partial charge in [-0.15, -0.1) is 0 Å². The van der Waals surface area contributed by atoms with Gasteiger partial charge < -0.3 is 15.8 Å². The lowest BCUT2D eigenvalue weighted by Crippen LogP contribution is -2.13. The first kappa shape index (κ1) is 17.3. The lowest BCUT2D eigenvalue weighted by atomic mass is 10.1. The molecular formula is C18H20N4O2. The van der Waals surface area contributed by atoms with Crippen molar-refractivity contribution in [2.24, 2.45) is 5.92 Å². The molecular weight excluding hydrogens is 304 g/mol. The van der Waals surface area contributed by atoms with Crippen molar-refractivity contribution in [3.63, 3.8) is 0 Å². The van der Waals surface area contributed by atoms with E-state index in [9.17, 15) is 10.1 Å². The number of carbonyl (C=O) groups excluding carboxylic acids is 1. The van der Waals surface area contributed by atoms with Gasteiger partial charge in [-0.3, -0.25) is 9.78 Å². The molecule has 0 radical (unpaired) electrons. The van der Waals surface area contributed by atoms with E-state index in [0.29, 0.717) is 40.8 Å². The number of nitrogens with one attached hydrogen (secondary N) is 1. The molecule has 0 saturated carbocycles. The second kappa shape index (κ2) is 7.97. The maximum Gasteiger partial charge on any atom is 0.257 e. The first-order valence-electron chi connectivity index (χ1n) is 7.68. The zero-order valence-electron chi connectivity index (χ0n) is 13.7. The monoisotopic (exact) mass is 324 g/mol. The van der Waals surface area contributed by atoms with Crippen LogP contribution in [0.1, 0.15) is 36.2 Å². The fourth-order valence-electron chi connectivity index (χ4n) is 2.01. The largest absolute Gasteiger partial charge is 0.492 e. The molecule has 0 atom stereocenters. The molecule has 2 aromatic rings. The molecule has 6 heteroatoms. The van der Waals surface area contributed by atoms with E-state index in [-0.39, 0.29) is 5.91 Å². The minimum Gasteiger partial charge on any atom is -0.492 e. The Labute approximate surface area is 141 Å². The summed E-state index contributed by atoms with van der Waals surface area (Å²) in [6.07, 6.45) is 3.81. The van der Waals surface area contributed by atoms with Gasteiger partial charge in [-0.25, -0.2) is 0 Å². The molecule has 0 bridgehead atoms. The summed E-state index contributed by atoms with van der Waals surface area (Å²) in [5.74, 6) is 0.704. The van der Waals surface area contributed by atoms with Gasteiger partial charge >= 0.3 is 0 Å². The molecule has 0 aliphatic carbocycles. The number of ether oxygens (including phenoxy) is 1. The second-order valence-electron chi connectivity index (χ2n) is 5.81. The minimum atomic E-state index is -0.341. The average molecular weight is 324 g/mol. The second-order valence-corrected chi connectivity index (χ2v) is 5.81. The number of nitrogen functional groups attached to an aromatic ring is 1. The van der Waals surface area contributed by atoms with Crippen molar-refractivity contribution >= 4 is 17.3 Å². The number of rotatable bonds is 6. The Morgan fingerprint density at radius 1 is 1.38 bits per heavy atom. The highest BCUT2D eigenvalue weighted by Crippen LogP contribution is 2.23. The normalized spacial score (nSPS) is 10.2. The zero-order valence-corrected chi connectivity index (χ0v) is 13.7. The van der Waals surface area contributed by atoms with Crippen molar-refractivity contribution in [2.75, 3.05) is 17.7 Å². The topological polar surface area (TPSA) is 101 Å². The van der Waals surface area contributed by atoms with Crippen LogP contribution in [-0.4, -0.2) is 17.5 Å². The van der Waals surface area contributed by atoms with E-state index >= 15 is 0 Å². The Hall–Kier alpha value is -3.07. The van der Waals surface area contributed by atoms with E-state index in [1.165, 1.54) is 18.5 Å². The number of hydrogen-bond donors (Lipinski definition) is 2. The number of nitrogens with two attached hydrogens (primary N) is 1. The van der Waals surface area contributed by atoms with Crippen molar-refractivity contribution < 1.29 is 9.53 Å². The van der Waals surface area contributed by atoms with Crippen molar-refractivity contribution in [1.29, 1.82) is 5.26 Å². The van der Waals surface area contributed by atoms with Gasteiger partial charge in [0.25, 0.3) is 5.91 Å². The minimum absolute atomic E-state index is 0.341. The van der Waals surface area contributed by atoms with Gasteiger partial charge in [0.15, 0.2) is 0 Å². The van der Waals surface area contributed by atoms with Crippen LogP contribution in [-0.2, 0) is 0 Å². The number of nitrogens with zero attached hydrogens (tertiary/aromatic N) is 2. The molecule has 1 aromatic carbocycles. The third-order valence-electron chi connectivity index (χ3n) is 3.33. The quantitative estimate of drug-likeness (QED) is 0.849. The SMILES string of the molecule is CC(C)CCOc1ccc(NC(=O)c2cncc(N)c2)cc1C#N. The molecule has 6 nitrogen and oxygen atoms in total. The first-order chi connectivity index (χ1) is 11.5. The number of hydrogen-bond acceptors (Lipinski definition) is 5. The van der Waals surface area contributed by atoms with E-state index in [1.807, 2.05) is 0 Å². The van der Waals surface area contributed by atoms with Crippen LogP contribution in [0.15, 0.2) is 36.7 Å². The first-order valence-corrected chi connectivity index (χ1v) is 7.68. The van der Waals surface area contributed by atoms with E-state index in [1.54, 1.807) is 18.2 Å². The summed E-state index contributed by atoms with van der Waals surface area (Å²) >= 11 is 0. The molecule has 1 amide bonds. The summed E-state index contributed by atoms with van der Waals surface area (Å²) in [5, 5.41) is 12.0. The molecule has 124 valence electrons. The maximum atomic E-state index is 12.2. The number of amides is 1. The predicted octanol–water partition coefficient (Wildman–Crippen LogP) is 3.21. The van der Waals surface area contributed by atoms with Gasteiger partial charge in [-0.2, -0.15) is 5.26 Å². The van der Waals surface area contributed by atoms with Crippen molar-refractivity contribution in [3.05, 3.63) is 47.8 Å². The molecule has 2 rings (SSSR count). The van der Waals surface area contributed by atoms with Gasteiger partial charge in [-0.1, -0.05) is 13.8 Å². The molecule has 24 heavy (non-hydrogen) atoms. The standard InChI is InChI=1S/C18H20N4O2/c1-12(2)5-6-24-17-4-3-16(8-13(17)9-19)22-18(23)14-7-15(20)11-21-10-14/h3-4,7-8,10-12H,5-6,20H2,1-2H3,(H,22,23). The zero-order chi connectivity index (χ0) is 17.5. The Kier molecular flexibility index (Phi) is 5.74. The molecule has 1 aromatic heterocycles. The highest BCUT2D eigenvalue weighted by molar-refractivity contribution is 6.04. The third-order valence-corrected chi connectivity index (χ3v) is 3.33. The van der Waals surface area contributed by atoms with Crippen molar-refractivity contribution in [2.45, 2.75) is 20.3 Å². The van der Waals surface area contributed by atoms with Crippen LogP contribution in [0.25, 0.3) is 0 Å². The fourth-order valence-corrected chi connectivity index (χ4v) is 2.01. The number of nitriles is 1. The Morgan fingerprint density at radius 2 is 2.17 bits per heavy atom. The number of anilines is 2. The van der Waals surface area contributed by atoms with E-state index < -0.39 is 0 Å². The van der Waals surface area contributed by atoms with Crippen molar-refractivity contribution in [1.82, 2.24) is 4.98 Å². The van der Waals surface area contributed by atoms with Crippen LogP contribution in [0.2, 0.25) is 0 Å².